The Labute approximate surface area is 156 Å². The molecule has 3 rings (SSSR count). The molecule has 27 heavy (non-hydrogen) atoms. The number of aromatic nitrogens is 3. The van der Waals surface area contributed by atoms with Crippen LogP contribution in [0.15, 0.2) is 48.8 Å². The van der Waals surface area contributed by atoms with Gasteiger partial charge in [-0.3, -0.25) is 9.78 Å². The first-order chi connectivity index (χ1) is 12.9. The molecule has 8 heteroatoms. The fourth-order valence-electron chi connectivity index (χ4n) is 2.39. The molecular formula is C19H19FN6O. The van der Waals surface area contributed by atoms with E-state index < -0.39 is 11.7 Å². The van der Waals surface area contributed by atoms with Crippen molar-refractivity contribution in [2.45, 2.75) is 6.92 Å². The van der Waals surface area contributed by atoms with Crippen LogP contribution in [0.5, 0.6) is 0 Å². The van der Waals surface area contributed by atoms with E-state index in [1.807, 2.05) is 32.0 Å². The number of hydrogen-bond acceptors (Lipinski definition) is 6. The van der Waals surface area contributed by atoms with Gasteiger partial charge in [-0.05, 0) is 37.3 Å². The molecule has 1 aromatic carbocycles. The summed E-state index contributed by atoms with van der Waals surface area (Å²) in [4.78, 5) is 26.4. The quantitative estimate of drug-likeness (QED) is 0.720. The molecule has 3 aromatic rings. The number of anilines is 4. The summed E-state index contributed by atoms with van der Waals surface area (Å²) in [6.45, 7) is 1.83. The zero-order valence-corrected chi connectivity index (χ0v) is 15.2. The lowest BCUT2D eigenvalue weighted by Gasteiger charge is -2.14. The summed E-state index contributed by atoms with van der Waals surface area (Å²) < 4.78 is 13.6. The first-order valence-electron chi connectivity index (χ1n) is 8.23. The smallest absolute Gasteiger partial charge is 0.258 e. The van der Waals surface area contributed by atoms with Gasteiger partial charge in [-0.2, -0.15) is 0 Å². The number of nitrogens with zero attached hydrogens (tertiary/aromatic N) is 4. The van der Waals surface area contributed by atoms with Gasteiger partial charge in [-0.25, -0.2) is 14.4 Å². The topological polar surface area (TPSA) is 83.0 Å². The van der Waals surface area contributed by atoms with Gasteiger partial charge < -0.3 is 15.5 Å². The number of hydrogen-bond donors (Lipinski definition) is 2. The zero-order chi connectivity index (χ0) is 19.4. The number of nitrogens with one attached hydrogen (secondary N) is 2. The molecule has 2 N–H and O–H groups in total. The third kappa shape index (κ3) is 4.55. The van der Waals surface area contributed by atoms with Crippen LogP contribution in [0.3, 0.4) is 0 Å². The van der Waals surface area contributed by atoms with Crippen molar-refractivity contribution in [1.82, 2.24) is 15.0 Å². The van der Waals surface area contributed by atoms with Crippen molar-refractivity contribution >= 4 is 28.9 Å². The number of amides is 1. The molecule has 0 atom stereocenters. The molecule has 0 aliphatic heterocycles. The van der Waals surface area contributed by atoms with E-state index in [4.69, 9.17) is 0 Å². The molecule has 0 unspecified atom stereocenters. The lowest BCUT2D eigenvalue weighted by Crippen LogP contribution is -2.14. The molecule has 0 fully saturated rings. The predicted molar refractivity (Wildman–Crippen MR) is 103 cm³/mol. The van der Waals surface area contributed by atoms with Gasteiger partial charge in [0.25, 0.3) is 5.91 Å². The minimum atomic E-state index is -0.663. The van der Waals surface area contributed by atoms with E-state index in [9.17, 15) is 9.18 Å². The van der Waals surface area contributed by atoms with Crippen LogP contribution in [0.2, 0.25) is 0 Å². The maximum absolute atomic E-state index is 13.6. The summed E-state index contributed by atoms with van der Waals surface area (Å²) in [5.74, 6) is 0.934. The Bertz CT molecular complexity index is 959. The molecule has 2 heterocycles. The van der Waals surface area contributed by atoms with Gasteiger partial charge in [0, 0.05) is 37.7 Å². The summed E-state index contributed by atoms with van der Waals surface area (Å²) in [5, 5.41) is 5.86. The third-order valence-corrected chi connectivity index (χ3v) is 3.71. The molecule has 1 amide bonds. The average molecular weight is 366 g/mol. The Kier molecular flexibility index (Phi) is 5.25. The van der Waals surface area contributed by atoms with E-state index >= 15 is 0 Å². The summed E-state index contributed by atoms with van der Waals surface area (Å²) in [6, 6.07) is 10.2. The molecule has 138 valence electrons. The second-order valence-corrected chi connectivity index (χ2v) is 6.07. The van der Waals surface area contributed by atoms with Gasteiger partial charge in [0.1, 0.15) is 17.5 Å². The van der Waals surface area contributed by atoms with Gasteiger partial charge in [-0.1, -0.05) is 0 Å². The molecule has 0 spiro atoms. The molecule has 0 aliphatic carbocycles. The number of rotatable bonds is 5. The molecule has 0 saturated heterocycles. The van der Waals surface area contributed by atoms with Gasteiger partial charge in [-0.15, -0.1) is 0 Å². The Morgan fingerprint density at radius 1 is 1.07 bits per heavy atom. The maximum Gasteiger partial charge on any atom is 0.258 e. The number of pyridine rings is 1. The predicted octanol–water partition coefficient (Wildman–Crippen LogP) is 3.38. The van der Waals surface area contributed by atoms with Crippen LogP contribution >= 0.6 is 0 Å². The first kappa shape index (κ1) is 18.2. The highest BCUT2D eigenvalue weighted by Crippen LogP contribution is 2.21. The molecular weight excluding hydrogens is 347 g/mol. The van der Waals surface area contributed by atoms with E-state index in [-0.39, 0.29) is 5.56 Å². The molecule has 0 bridgehead atoms. The van der Waals surface area contributed by atoms with E-state index in [0.717, 1.165) is 17.7 Å². The number of benzene rings is 1. The van der Waals surface area contributed by atoms with Crippen LogP contribution in [0.4, 0.5) is 27.4 Å². The van der Waals surface area contributed by atoms with E-state index in [1.54, 1.807) is 24.3 Å². The highest BCUT2D eigenvalue weighted by molar-refractivity contribution is 6.04. The minimum Gasteiger partial charge on any atom is -0.363 e. The lowest BCUT2D eigenvalue weighted by atomic mass is 10.2. The second-order valence-electron chi connectivity index (χ2n) is 6.07. The van der Waals surface area contributed by atoms with Crippen molar-refractivity contribution in [3.8, 4) is 0 Å². The standard InChI is InChI=1S/C19H19FN6O/c1-12-22-17(10-18(23-12)26(2)3)24-13-4-6-14(7-5-13)25-19(27)15-8-9-21-11-16(15)20/h4-11H,1-3H3,(H,25,27)(H,22,23,24). The van der Waals surface area contributed by atoms with Crippen LogP contribution in [0.25, 0.3) is 0 Å². The van der Waals surface area contributed by atoms with Crippen molar-refractivity contribution in [3.05, 3.63) is 66.0 Å². The van der Waals surface area contributed by atoms with E-state index in [0.29, 0.717) is 17.3 Å². The van der Waals surface area contributed by atoms with Gasteiger partial charge in [0.05, 0.1) is 11.8 Å². The minimum absolute atomic E-state index is 0.0557. The molecule has 0 saturated carbocycles. The molecule has 2 aromatic heterocycles. The second kappa shape index (κ2) is 7.77. The van der Waals surface area contributed by atoms with Crippen molar-refractivity contribution in [2.75, 3.05) is 29.6 Å². The molecule has 0 radical (unpaired) electrons. The van der Waals surface area contributed by atoms with Crippen molar-refractivity contribution < 1.29 is 9.18 Å². The lowest BCUT2D eigenvalue weighted by molar-refractivity contribution is 0.102. The first-order valence-corrected chi connectivity index (χ1v) is 8.23. The Balaban J connectivity index is 1.71. The van der Waals surface area contributed by atoms with Crippen LogP contribution in [-0.2, 0) is 0 Å². The zero-order valence-electron chi connectivity index (χ0n) is 15.2. The SMILES string of the molecule is Cc1nc(Nc2ccc(NC(=O)c3ccncc3F)cc2)cc(N(C)C)n1. The van der Waals surface area contributed by atoms with Crippen molar-refractivity contribution in [3.63, 3.8) is 0 Å². The maximum atomic E-state index is 13.6. The fraction of sp³-hybridized carbons (Fsp3) is 0.158. The largest absolute Gasteiger partial charge is 0.363 e. The molecule has 7 nitrogen and oxygen atoms in total. The monoisotopic (exact) mass is 366 g/mol. The van der Waals surface area contributed by atoms with Crippen LogP contribution < -0.4 is 15.5 Å². The Hall–Kier alpha value is -3.55. The van der Waals surface area contributed by atoms with Crippen molar-refractivity contribution in [1.29, 1.82) is 0 Å². The summed E-state index contributed by atoms with van der Waals surface area (Å²) in [5.41, 5.74) is 1.29. The number of aryl methyl sites for hydroxylation is 1. The van der Waals surface area contributed by atoms with E-state index in [2.05, 4.69) is 25.6 Å². The van der Waals surface area contributed by atoms with Crippen LogP contribution in [0.1, 0.15) is 16.2 Å². The summed E-state index contributed by atoms with van der Waals surface area (Å²) >= 11 is 0. The third-order valence-electron chi connectivity index (χ3n) is 3.71. The molecule has 0 aliphatic rings. The fourth-order valence-corrected chi connectivity index (χ4v) is 2.39. The number of carbonyl (C=O) groups excluding carboxylic acids is 1. The summed E-state index contributed by atoms with van der Waals surface area (Å²) in [7, 11) is 3.82. The highest BCUT2D eigenvalue weighted by atomic mass is 19.1. The van der Waals surface area contributed by atoms with Crippen LogP contribution in [-0.4, -0.2) is 35.0 Å². The van der Waals surface area contributed by atoms with Gasteiger partial charge >= 0.3 is 0 Å². The number of halogens is 1. The van der Waals surface area contributed by atoms with Crippen LogP contribution in [0, 0.1) is 12.7 Å². The van der Waals surface area contributed by atoms with E-state index in [1.165, 1.54) is 12.3 Å². The number of carbonyl (C=O) groups is 1. The van der Waals surface area contributed by atoms with Gasteiger partial charge in [0.2, 0.25) is 0 Å². The highest BCUT2D eigenvalue weighted by Gasteiger charge is 2.11. The van der Waals surface area contributed by atoms with Crippen molar-refractivity contribution in [2.24, 2.45) is 0 Å². The average Bonchev–Trinajstić information content (AvgIpc) is 2.63. The normalized spacial score (nSPS) is 10.4. The van der Waals surface area contributed by atoms with Gasteiger partial charge in [0.15, 0.2) is 5.82 Å². The Morgan fingerprint density at radius 2 is 1.78 bits per heavy atom. The summed E-state index contributed by atoms with van der Waals surface area (Å²) in [6.07, 6.45) is 2.38. The Morgan fingerprint density at radius 3 is 2.44 bits per heavy atom.